The Bertz CT molecular complexity index is 428. The Labute approximate surface area is 101 Å². The predicted octanol–water partition coefficient (Wildman–Crippen LogP) is 1.93. The number of aliphatic carboxylic acids is 1. The van der Waals surface area contributed by atoms with Gasteiger partial charge in [0.2, 0.25) is 0 Å². The van der Waals surface area contributed by atoms with Crippen LogP contribution in [0.5, 0.6) is 0 Å². The van der Waals surface area contributed by atoms with Crippen LogP contribution in [0, 0.1) is 6.92 Å². The van der Waals surface area contributed by atoms with Crippen LogP contribution in [0.2, 0.25) is 0 Å². The molecule has 0 heterocycles. The summed E-state index contributed by atoms with van der Waals surface area (Å²) in [6.07, 6.45) is 0.392. The fourth-order valence-corrected chi connectivity index (χ4v) is 1.76. The van der Waals surface area contributed by atoms with E-state index in [9.17, 15) is 9.59 Å². The average Bonchev–Trinajstić information content (AvgIpc) is 2.29. The van der Waals surface area contributed by atoms with Crippen LogP contribution in [0.25, 0.3) is 0 Å². The van der Waals surface area contributed by atoms with Crippen molar-refractivity contribution < 1.29 is 14.7 Å². The van der Waals surface area contributed by atoms with Crippen molar-refractivity contribution in [3.63, 3.8) is 0 Å². The fourth-order valence-electron chi connectivity index (χ4n) is 1.76. The molecule has 0 aliphatic carbocycles. The molecular formula is C13H17NO3. The van der Waals surface area contributed by atoms with Crippen molar-refractivity contribution in [3.05, 3.63) is 35.4 Å². The number of aryl methyl sites for hydroxylation is 1. The first-order chi connectivity index (χ1) is 7.99. The summed E-state index contributed by atoms with van der Waals surface area (Å²) in [6, 6.07) is 6.39. The van der Waals surface area contributed by atoms with Crippen molar-refractivity contribution in [2.45, 2.75) is 26.3 Å². The quantitative estimate of drug-likeness (QED) is 0.867. The number of likely N-dealkylation sites (N-methyl/N-ethyl adjacent to an activating group) is 1. The molecule has 1 rings (SSSR count). The van der Waals surface area contributed by atoms with Crippen molar-refractivity contribution in [1.29, 1.82) is 0 Å². The summed E-state index contributed by atoms with van der Waals surface area (Å²) in [5.74, 6) is -1.23. The summed E-state index contributed by atoms with van der Waals surface area (Å²) in [7, 11) is 1.52. The number of nitrogens with zero attached hydrogens (tertiary/aromatic N) is 1. The Morgan fingerprint density at radius 1 is 1.35 bits per heavy atom. The van der Waals surface area contributed by atoms with Crippen LogP contribution in [0.3, 0.4) is 0 Å². The molecule has 0 saturated carbocycles. The highest BCUT2D eigenvalue weighted by Gasteiger charge is 2.25. The van der Waals surface area contributed by atoms with E-state index in [1.165, 1.54) is 11.9 Å². The first-order valence-corrected chi connectivity index (χ1v) is 5.54. The molecule has 0 aliphatic rings. The largest absolute Gasteiger partial charge is 0.480 e. The molecule has 0 saturated heterocycles. The van der Waals surface area contributed by atoms with Crippen molar-refractivity contribution in [3.8, 4) is 0 Å². The zero-order valence-corrected chi connectivity index (χ0v) is 10.3. The van der Waals surface area contributed by atoms with Gasteiger partial charge in [-0.1, -0.05) is 25.1 Å². The Kier molecular flexibility index (Phi) is 4.26. The first kappa shape index (κ1) is 13.2. The molecule has 0 fully saturated rings. The molecule has 0 bridgehead atoms. The second-order valence-corrected chi connectivity index (χ2v) is 3.99. The Morgan fingerprint density at radius 2 is 1.94 bits per heavy atom. The average molecular weight is 235 g/mol. The molecule has 1 aromatic rings. The number of hydrogen-bond acceptors (Lipinski definition) is 2. The zero-order valence-electron chi connectivity index (χ0n) is 10.3. The third kappa shape index (κ3) is 2.84. The van der Waals surface area contributed by atoms with Crippen molar-refractivity contribution in [2.24, 2.45) is 0 Å². The van der Waals surface area contributed by atoms with Gasteiger partial charge in [-0.2, -0.15) is 0 Å². The van der Waals surface area contributed by atoms with Crippen molar-refractivity contribution in [1.82, 2.24) is 4.90 Å². The summed E-state index contributed by atoms with van der Waals surface area (Å²) < 4.78 is 0. The third-order valence-corrected chi connectivity index (χ3v) is 2.84. The van der Waals surface area contributed by atoms with Gasteiger partial charge in [-0.3, -0.25) is 4.79 Å². The minimum Gasteiger partial charge on any atom is -0.480 e. The second-order valence-electron chi connectivity index (χ2n) is 3.99. The van der Waals surface area contributed by atoms with Gasteiger partial charge in [0.25, 0.3) is 5.91 Å². The molecule has 92 valence electrons. The molecule has 4 heteroatoms. The molecule has 1 aromatic carbocycles. The van der Waals surface area contributed by atoms with E-state index >= 15 is 0 Å². The highest BCUT2D eigenvalue weighted by molar-refractivity contribution is 5.97. The summed E-state index contributed by atoms with van der Waals surface area (Å²) in [5, 5.41) is 9.01. The number of carbonyl (C=O) groups excluding carboxylic acids is 1. The van der Waals surface area contributed by atoms with E-state index < -0.39 is 12.0 Å². The molecule has 0 aliphatic heterocycles. The van der Waals surface area contributed by atoms with Crippen LogP contribution >= 0.6 is 0 Å². The lowest BCUT2D eigenvalue weighted by Gasteiger charge is -2.24. The summed E-state index contributed by atoms with van der Waals surface area (Å²) in [6.45, 7) is 3.59. The minimum absolute atomic E-state index is 0.252. The lowest BCUT2D eigenvalue weighted by molar-refractivity contribution is -0.142. The number of rotatable bonds is 4. The molecular weight excluding hydrogens is 218 g/mol. The SMILES string of the molecule is CCC(C(=O)O)N(C)C(=O)c1ccccc1C. The van der Waals surface area contributed by atoms with Gasteiger partial charge in [0.15, 0.2) is 0 Å². The van der Waals surface area contributed by atoms with Gasteiger partial charge in [0, 0.05) is 12.6 Å². The van der Waals surface area contributed by atoms with E-state index in [0.717, 1.165) is 5.56 Å². The number of benzene rings is 1. The molecule has 4 nitrogen and oxygen atoms in total. The number of carboxylic acid groups (broad SMARTS) is 1. The van der Waals surface area contributed by atoms with Gasteiger partial charge in [0.1, 0.15) is 6.04 Å². The van der Waals surface area contributed by atoms with Crippen LogP contribution in [0.1, 0.15) is 29.3 Å². The zero-order chi connectivity index (χ0) is 13.0. The normalized spacial score (nSPS) is 11.9. The van der Waals surface area contributed by atoms with Gasteiger partial charge in [-0.05, 0) is 25.0 Å². The summed E-state index contributed by atoms with van der Waals surface area (Å²) in [4.78, 5) is 24.4. The lowest BCUT2D eigenvalue weighted by Crippen LogP contribution is -2.42. The molecule has 1 atom stereocenters. The highest BCUT2D eigenvalue weighted by atomic mass is 16.4. The van der Waals surface area contributed by atoms with Gasteiger partial charge in [-0.15, -0.1) is 0 Å². The van der Waals surface area contributed by atoms with Crippen LogP contribution < -0.4 is 0 Å². The Morgan fingerprint density at radius 3 is 2.41 bits per heavy atom. The monoisotopic (exact) mass is 235 g/mol. The molecule has 0 aromatic heterocycles. The number of hydrogen-bond donors (Lipinski definition) is 1. The molecule has 1 amide bonds. The third-order valence-electron chi connectivity index (χ3n) is 2.84. The van der Waals surface area contributed by atoms with Crippen LogP contribution in [-0.2, 0) is 4.79 Å². The van der Waals surface area contributed by atoms with E-state index in [-0.39, 0.29) is 5.91 Å². The van der Waals surface area contributed by atoms with Gasteiger partial charge in [0.05, 0.1) is 0 Å². The lowest BCUT2D eigenvalue weighted by atomic mass is 10.1. The fraction of sp³-hybridized carbons (Fsp3) is 0.385. The Hall–Kier alpha value is -1.84. The van der Waals surface area contributed by atoms with E-state index in [0.29, 0.717) is 12.0 Å². The smallest absolute Gasteiger partial charge is 0.326 e. The second kappa shape index (κ2) is 5.48. The van der Waals surface area contributed by atoms with Gasteiger partial charge >= 0.3 is 5.97 Å². The molecule has 0 spiro atoms. The maximum atomic E-state index is 12.1. The number of carbonyl (C=O) groups is 2. The van der Waals surface area contributed by atoms with E-state index in [4.69, 9.17) is 5.11 Å². The molecule has 1 unspecified atom stereocenters. The molecule has 0 radical (unpaired) electrons. The maximum Gasteiger partial charge on any atom is 0.326 e. The van der Waals surface area contributed by atoms with E-state index in [1.54, 1.807) is 19.1 Å². The van der Waals surface area contributed by atoms with Gasteiger partial charge in [-0.25, -0.2) is 4.79 Å². The number of carboxylic acids is 1. The van der Waals surface area contributed by atoms with Crippen LogP contribution in [-0.4, -0.2) is 35.0 Å². The topological polar surface area (TPSA) is 57.6 Å². The highest BCUT2D eigenvalue weighted by Crippen LogP contribution is 2.13. The summed E-state index contributed by atoms with van der Waals surface area (Å²) >= 11 is 0. The summed E-state index contributed by atoms with van der Waals surface area (Å²) in [5.41, 5.74) is 1.40. The van der Waals surface area contributed by atoms with Gasteiger partial charge < -0.3 is 10.0 Å². The van der Waals surface area contributed by atoms with Crippen LogP contribution in [0.15, 0.2) is 24.3 Å². The Balaban J connectivity index is 2.98. The number of amides is 1. The van der Waals surface area contributed by atoms with E-state index in [2.05, 4.69) is 0 Å². The maximum absolute atomic E-state index is 12.1. The molecule has 1 N–H and O–H groups in total. The standard InChI is InChI=1S/C13H17NO3/c1-4-11(13(16)17)14(3)12(15)10-8-6-5-7-9(10)2/h5-8,11H,4H2,1-3H3,(H,16,17). The van der Waals surface area contributed by atoms with Crippen molar-refractivity contribution in [2.75, 3.05) is 7.05 Å². The van der Waals surface area contributed by atoms with E-state index in [1.807, 2.05) is 19.1 Å². The predicted molar refractivity (Wildman–Crippen MR) is 65.0 cm³/mol. The first-order valence-electron chi connectivity index (χ1n) is 5.54. The molecule has 17 heavy (non-hydrogen) atoms. The van der Waals surface area contributed by atoms with Crippen LogP contribution in [0.4, 0.5) is 0 Å². The minimum atomic E-state index is -0.975. The van der Waals surface area contributed by atoms with Crippen molar-refractivity contribution >= 4 is 11.9 Å².